The zero-order valence-electron chi connectivity index (χ0n) is 12.4. The zero-order chi connectivity index (χ0) is 17.4. The van der Waals surface area contributed by atoms with Crippen LogP contribution in [0.4, 0.5) is 11.9 Å². The Morgan fingerprint density at radius 3 is 1.79 bits per heavy atom. The van der Waals surface area contributed by atoms with E-state index in [4.69, 9.17) is 10.4 Å². The first-order valence-electron chi connectivity index (χ1n) is 6.77. The van der Waals surface area contributed by atoms with E-state index in [2.05, 4.69) is 25.6 Å². The van der Waals surface area contributed by atoms with Crippen LogP contribution < -0.4 is 21.6 Å². The van der Waals surface area contributed by atoms with Crippen LogP contribution in [0.2, 0.25) is 0 Å². The van der Waals surface area contributed by atoms with Crippen LogP contribution in [-0.4, -0.2) is 50.3 Å². The van der Waals surface area contributed by atoms with E-state index < -0.39 is 11.8 Å². The van der Waals surface area contributed by atoms with Gasteiger partial charge in [0.15, 0.2) is 5.82 Å². The summed E-state index contributed by atoms with van der Waals surface area (Å²) in [5, 5.41) is 22.2. The number of nitrogens with zero attached hydrogens (tertiary/aromatic N) is 3. The van der Waals surface area contributed by atoms with E-state index in [0.717, 1.165) is 0 Å². The summed E-state index contributed by atoms with van der Waals surface area (Å²) < 4.78 is 0. The van der Waals surface area contributed by atoms with Gasteiger partial charge in [-0.1, -0.05) is 30.3 Å². The maximum absolute atomic E-state index is 11.1. The molecule has 0 aliphatic rings. The molecule has 0 saturated heterocycles. The van der Waals surface area contributed by atoms with Crippen molar-refractivity contribution in [3.05, 3.63) is 30.3 Å². The molecular weight excluding hydrogens is 318 g/mol. The second-order valence-electron chi connectivity index (χ2n) is 4.45. The van der Waals surface area contributed by atoms with Gasteiger partial charge in [-0.3, -0.25) is 20.0 Å². The molecule has 0 aliphatic heterocycles. The smallest absolute Gasteiger partial charge is 0.262 e. The van der Waals surface area contributed by atoms with Gasteiger partial charge < -0.3 is 10.6 Å². The summed E-state index contributed by atoms with van der Waals surface area (Å²) >= 11 is 0. The molecular formula is C13H15N7O4. The molecule has 0 aliphatic carbocycles. The number of hydroxylamine groups is 2. The molecule has 0 spiro atoms. The third-order valence-electron chi connectivity index (χ3n) is 2.73. The highest BCUT2D eigenvalue weighted by molar-refractivity contribution is 5.79. The molecule has 0 fully saturated rings. The van der Waals surface area contributed by atoms with E-state index in [9.17, 15) is 9.59 Å². The first-order chi connectivity index (χ1) is 11.6. The number of carbonyl (C=O) groups is 2. The van der Waals surface area contributed by atoms with Crippen LogP contribution in [0.5, 0.6) is 0 Å². The third-order valence-corrected chi connectivity index (χ3v) is 2.73. The molecule has 1 aromatic carbocycles. The SMILES string of the molecule is O=C(CNc1nc(NCC(=O)NO)nc(-c2ccccc2)n1)NO. The van der Waals surface area contributed by atoms with Gasteiger partial charge in [-0.25, -0.2) is 11.0 Å². The lowest BCUT2D eigenvalue weighted by molar-refractivity contribution is -0.128. The van der Waals surface area contributed by atoms with Gasteiger partial charge in [-0.15, -0.1) is 0 Å². The van der Waals surface area contributed by atoms with Gasteiger partial charge in [-0.05, 0) is 0 Å². The zero-order valence-corrected chi connectivity index (χ0v) is 12.4. The second-order valence-corrected chi connectivity index (χ2v) is 4.45. The van der Waals surface area contributed by atoms with Crippen molar-refractivity contribution in [2.24, 2.45) is 0 Å². The predicted molar refractivity (Wildman–Crippen MR) is 82.1 cm³/mol. The summed E-state index contributed by atoms with van der Waals surface area (Å²) in [7, 11) is 0. The number of nitrogens with one attached hydrogen (secondary N) is 4. The number of hydrogen-bond donors (Lipinski definition) is 6. The first-order valence-corrected chi connectivity index (χ1v) is 6.77. The van der Waals surface area contributed by atoms with Crippen molar-refractivity contribution >= 4 is 23.7 Å². The summed E-state index contributed by atoms with van der Waals surface area (Å²) in [5.41, 5.74) is 3.65. The maximum Gasteiger partial charge on any atom is 0.262 e. The third kappa shape index (κ3) is 4.86. The van der Waals surface area contributed by atoms with Gasteiger partial charge in [0.25, 0.3) is 11.8 Å². The molecule has 0 saturated carbocycles. The van der Waals surface area contributed by atoms with Crippen molar-refractivity contribution < 1.29 is 20.0 Å². The lowest BCUT2D eigenvalue weighted by Gasteiger charge is -2.09. The van der Waals surface area contributed by atoms with Crippen molar-refractivity contribution in [2.45, 2.75) is 0 Å². The van der Waals surface area contributed by atoms with E-state index in [0.29, 0.717) is 11.4 Å². The Labute approximate surface area is 136 Å². The molecule has 6 N–H and O–H groups in total. The van der Waals surface area contributed by atoms with Crippen LogP contribution in [0, 0.1) is 0 Å². The van der Waals surface area contributed by atoms with Crippen molar-refractivity contribution in [3.63, 3.8) is 0 Å². The first kappa shape index (κ1) is 17.1. The van der Waals surface area contributed by atoms with Crippen LogP contribution in [-0.2, 0) is 9.59 Å². The standard InChI is InChI=1S/C13H15N7O4/c21-9(19-23)6-14-12-16-11(8-4-2-1-3-5-8)17-13(18-12)15-7-10(22)20-24/h1-5,23-24H,6-7H2,(H,19,21)(H,20,22)(H2,14,15,16,17,18). The number of aromatic nitrogens is 3. The second kappa shape index (κ2) is 8.36. The average Bonchev–Trinajstić information content (AvgIpc) is 2.64. The Morgan fingerprint density at radius 1 is 0.833 bits per heavy atom. The quantitative estimate of drug-likeness (QED) is 0.286. The van der Waals surface area contributed by atoms with Gasteiger partial charge in [0.1, 0.15) is 0 Å². The molecule has 2 amide bonds. The van der Waals surface area contributed by atoms with Gasteiger partial charge in [0.05, 0.1) is 13.1 Å². The van der Waals surface area contributed by atoms with Crippen LogP contribution in [0.1, 0.15) is 0 Å². The lowest BCUT2D eigenvalue weighted by atomic mass is 10.2. The molecule has 0 radical (unpaired) electrons. The molecule has 2 rings (SSSR count). The molecule has 2 aromatic rings. The van der Waals surface area contributed by atoms with Crippen molar-refractivity contribution in [1.29, 1.82) is 0 Å². The fourth-order valence-electron chi connectivity index (χ4n) is 1.65. The van der Waals surface area contributed by atoms with Crippen molar-refractivity contribution in [2.75, 3.05) is 23.7 Å². The van der Waals surface area contributed by atoms with Gasteiger partial charge in [0.2, 0.25) is 11.9 Å². The number of rotatable bonds is 7. The Hall–Kier alpha value is -3.31. The van der Waals surface area contributed by atoms with Crippen LogP contribution in [0.15, 0.2) is 30.3 Å². The average molecular weight is 333 g/mol. The Balaban J connectivity index is 2.25. The molecule has 1 aromatic heterocycles. The monoisotopic (exact) mass is 333 g/mol. The van der Waals surface area contributed by atoms with E-state index in [1.807, 2.05) is 6.07 Å². The molecule has 11 nitrogen and oxygen atoms in total. The number of anilines is 2. The summed E-state index contributed by atoms with van der Waals surface area (Å²) in [4.78, 5) is 34.5. The Morgan fingerprint density at radius 2 is 1.33 bits per heavy atom. The van der Waals surface area contributed by atoms with E-state index in [1.165, 1.54) is 11.0 Å². The minimum atomic E-state index is -0.675. The topological polar surface area (TPSA) is 161 Å². The molecule has 24 heavy (non-hydrogen) atoms. The summed E-state index contributed by atoms with van der Waals surface area (Å²) in [5.74, 6) is -0.903. The van der Waals surface area contributed by atoms with Gasteiger partial charge in [-0.2, -0.15) is 15.0 Å². The number of hydrogen-bond acceptors (Lipinski definition) is 9. The minimum absolute atomic E-state index is 0.0689. The number of benzene rings is 1. The Bertz CT molecular complexity index is 672. The summed E-state index contributed by atoms with van der Waals surface area (Å²) in [6, 6.07) is 9.00. The molecule has 126 valence electrons. The van der Waals surface area contributed by atoms with Crippen molar-refractivity contribution in [3.8, 4) is 11.4 Å². The summed E-state index contributed by atoms with van der Waals surface area (Å²) in [6.45, 7) is -0.517. The highest BCUT2D eigenvalue weighted by Gasteiger charge is 2.10. The fraction of sp³-hybridized carbons (Fsp3) is 0.154. The van der Waals surface area contributed by atoms with E-state index >= 15 is 0 Å². The normalized spacial score (nSPS) is 9.92. The summed E-state index contributed by atoms with van der Waals surface area (Å²) in [6.07, 6.45) is 0. The van der Waals surface area contributed by atoms with E-state index in [-0.39, 0.29) is 25.0 Å². The number of carbonyl (C=O) groups excluding carboxylic acids is 2. The molecule has 0 atom stereocenters. The highest BCUT2D eigenvalue weighted by Crippen LogP contribution is 2.17. The Kier molecular flexibility index (Phi) is 5.94. The maximum atomic E-state index is 11.1. The fourth-order valence-corrected chi connectivity index (χ4v) is 1.65. The van der Waals surface area contributed by atoms with Gasteiger partial charge >= 0.3 is 0 Å². The van der Waals surface area contributed by atoms with Crippen molar-refractivity contribution in [1.82, 2.24) is 25.9 Å². The van der Waals surface area contributed by atoms with E-state index in [1.54, 1.807) is 24.3 Å². The largest absolute Gasteiger partial charge is 0.345 e. The number of amides is 2. The lowest BCUT2D eigenvalue weighted by Crippen LogP contribution is -2.28. The van der Waals surface area contributed by atoms with Crippen LogP contribution in [0.25, 0.3) is 11.4 Å². The van der Waals surface area contributed by atoms with Crippen LogP contribution in [0.3, 0.4) is 0 Å². The minimum Gasteiger partial charge on any atom is -0.345 e. The molecule has 11 heteroatoms. The predicted octanol–water partition coefficient (Wildman–Crippen LogP) is -0.627. The molecule has 0 bridgehead atoms. The van der Waals surface area contributed by atoms with Crippen LogP contribution >= 0.6 is 0 Å². The molecule has 1 heterocycles. The highest BCUT2D eigenvalue weighted by atomic mass is 16.5. The molecule has 0 unspecified atom stereocenters. The van der Waals surface area contributed by atoms with Gasteiger partial charge in [0, 0.05) is 5.56 Å².